The van der Waals surface area contributed by atoms with Crippen molar-refractivity contribution < 1.29 is 19.7 Å². The van der Waals surface area contributed by atoms with E-state index >= 15 is 0 Å². The van der Waals surface area contributed by atoms with Gasteiger partial charge in [-0.1, -0.05) is 12.1 Å². The summed E-state index contributed by atoms with van der Waals surface area (Å²) < 4.78 is 6.63. The number of carbonyl (C=O) groups is 1. The van der Waals surface area contributed by atoms with Gasteiger partial charge in [-0.2, -0.15) is 0 Å². The first kappa shape index (κ1) is 18.7. The summed E-state index contributed by atoms with van der Waals surface area (Å²) in [6.45, 7) is 0.458. The average Bonchev–Trinajstić information content (AvgIpc) is 3.29. The molecule has 1 aliphatic heterocycles. The van der Waals surface area contributed by atoms with Crippen molar-refractivity contribution in [2.75, 3.05) is 18.2 Å². The van der Waals surface area contributed by atoms with Gasteiger partial charge in [0.2, 0.25) is 0 Å². The lowest BCUT2D eigenvalue weighted by molar-refractivity contribution is 0.0411. The van der Waals surface area contributed by atoms with E-state index in [9.17, 15) is 15.0 Å². The maximum absolute atomic E-state index is 11.7. The summed E-state index contributed by atoms with van der Waals surface area (Å²) in [5.74, 6) is 0.705. The van der Waals surface area contributed by atoms with Crippen LogP contribution in [-0.4, -0.2) is 55.6 Å². The molecule has 28 heavy (non-hydrogen) atoms. The second kappa shape index (κ2) is 7.78. The number of hydrogen-bond acceptors (Lipinski definition) is 8. The van der Waals surface area contributed by atoms with Gasteiger partial charge in [-0.3, -0.25) is 4.40 Å². The van der Waals surface area contributed by atoms with Crippen molar-refractivity contribution in [3.63, 3.8) is 0 Å². The number of aliphatic hydroxyl groups excluding tert-OH is 2. The average molecular weight is 400 g/mol. The molecule has 0 unspecified atom stereocenters. The molecule has 146 valence electrons. The summed E-state index contributed by atoms with van der Waals surface area (Å²) in [4.78, 5) is 20.5. The molecule has 0 radical (unpaired) electrons. The largest absolute Gasteiger partial charge is 0.465 e. The number of imidazole rings is 1. The zero-order chi connectivity index (χ0) is 19.7. The first-order valence-corrected chi connectivity index (χ1v) is 9.84. The number of rotatable bonds is 5. The molecular weight excluding hydrogens is 380 g/mol. The van der Waals surface area contributed by atoms with Gasteiger partial charge in [0.25, 0.3) is 0 Å². The van der Waals surface area contributed by atoms with Gasteiger partial charge < -0.3 is 20.3 Å². The van der Waals surface area contributed by atoms with Gasteiger partial charge in [-0.25, -0.2) is 14.8 Å². The number of hydrogen-bond donors (Lipinski definition) is 3. The van der Waals surface area contributed by atoms with E-state index in [1.807, 2.05) is 10.5 Å². The van der Waals surface area contributed by atoms with Crippen molar-refractivity contribution in [3.05, 3.63) is 59.7 Å². The van der Waals surface area contributed by atoms with Crippen molar-refractivity contribution in [2.45, 2.75) is 24.0 Å². The topological polar surface area (TPSA) is 109 Å². The summed E-state index contributed by atoms with van der Waals surface area (Å²) in [6.07, 6.45) is 3.60. The molecular formula is C19H20N4O4S. The Balaban J connectivity index is 1.56. The number of anilines is 1. The number of esters is 1. The number of methoxy groups -OCH3 is 1. The van der Waals surface area contributed by atoms with Gasteiger partial charge in [0.15, 0.2) is 11.5 Å². The number of carbonyl (C=O) groups excluding carboxylic acids is 1. The van der Waals surface area contributed by atoms with Crippen LogP contribution in [0.1, 0.15) is 26.9 Å². The zero-order valence-corrected chi connectivity index (χ0v) is 16.0. The fraction of sp³-hybridized carbons (Fsp3) is 0.316. The third-order valence-corrected chi connectivity index (χ3v) is 6.12. The minimum Gasteiger partial charge on any atom is -0.465 e. The Bertz CT molecular complexity index is 1010. The van der Waals surface area contributed by atoms with Crippen molar-refractivity contribution in [1.29, 1.82) is 0 Å². The van der Waals surface area contributed by atoms with Crippen molar-refractivity contribution >= 4 is 29.2 Å². The number of aromatic nitrogens is 3. The number of thioether (sulfide) groups is 1. The zero-order valence-electron chi connectivity index (χ0n) is 15.1. The second-order valence-electron chi connectivity index (χ2n) is 6.51. The molecule has 1 aromatic carbocycles. The predicted octanol–water partition coefficient (Wildman–Crippen LogP) is 1.64. The predicted molar refractivity (Wildman–Crippen MR) is 105 cm³/mol. The first-order chi connectivity index (χ1) is 13.6. The van der Waals surface area contributed by atoms with Gasteiger partial charge >= 0.3 is 5.97 Å². The Morgan fingerprint density at radius 1 is 1.39 bits per heavy atom. The second-order valence-corrected chi connectivity index (χ2v) is 7.68. The fourth-order valence-electron chi connectivity index (χ4n) is 3.25. The lowest BCUT2D eigenvalue weighted by atomic mass is 10.1. The van der Waals surface area contributed by atoms with Gasteiger partial charge in [-0.15, -0.1) is 11.8 Å². The highest BCUT2D eigenvalue weighted by molar-refractivity contribution is 7.99. The van der Waals surface area contributed by atoms with E-state index in [0.29, 0.717) is 29.3 Å². The van der Waals surface area contributed by atoms with Gasteiger partial charge in [-0.05, 0) is 17.7 Å². The Morgan fingerprint density at radius 2 is 2.25 bits per heavy atom. The smallest absolute Gasteiger partial charge is 0.337 e. The molecule has 0 aliphatic carbocycles. The molecule has 8 nitrogen and oxygen atoms in total. The summed E-state index contributed by atoms with van der Waals surface area (Å²) in [6, 6.07) is 7.18. The molecule has 2 aromatic heterocycles. The highest BCUT2D eigenvalue weighted by atomic mass is 32.2. The highest BCUT2D eigenvalue weighted by Crippen LogP contribution is 2.40. The van der Waals surface area contributed by atoms with E-state index in [2.05, 4.69) is 15.3 Å². The molecule has 3 atom stereocenters. The number of benzene rings is 1. The summed E-state index contributed by atoms with van der Waals surface area (Å²) >= 11 is 1.51. The quantitative estimate of drug-likeness (QED) is 0.555. The monoisotopic (exact) mass is 400 g/mol. The molecule has 0 spiro atoms. The van der Waals surface area contributed by atoms with Gasteiger partial charge in [0.05, 0.1) is 42.0 Å². The van der Waals surface area contributed by atoms with Crippen molar-refractivity contribution in [2.24, 2.45) is 0 Å². The van der Waals surface area contributed by atoms with Crippen LogP contribution >= 0.6 is 11.8 Å². The van der Waals surface area contributed by atoms with Crippen molar-refractivity contribution in [3.8, 4) is 0 Å². The first-order valence-electron chi connectivity index (χ1n) is 8.79. The third kappa shape index (κ3) is 3.44. The third-order valence-electron chi connectivity index (χ3n) is 4.71. The maximum atomic E-state index is 11.7. The Hall–Kier alpha value is -2.62. The van der Waals surface area contributed by atoms with Gasteiger partial charge in [0, 0.05) is 24.7 Å². The van der Waals surface area contributed by atoms with Crippen LogP contribution in [0.5, 0.6) is 0 Å². The number of aliphatic hydroxyl groups is 2. The molecule has 3 heterocycles. The number of fused-ring (bicyclic) bond motifs is 1. The Kier molecular flexibility index (Phi) is 5.21. The minimum atomic E-state index is -0.824. The standard InChI is InChI=1S/C19H20N4O4S/c1-27-19(26)12-4-2-3-11(7-12)8-21-17-18-22-9-13(23(18)6-5-20-17)16-15(25)14(24)10-28-16/h2-7,9,14-16,24-25H,8,10H2,1H3,(H,20,21)/t14-,15-,16+/m1/s1. The number of nitrogens with one attached hydrogen (secondary N) is 1. The molecule has 3 N–H and O–H groups in total. The fourth-order valence-corrected chi connectivity index (χ4v) is 4.57. The van der Waals surface area contributed by atoms with E-state index in [0.717, 1.165) is 11.3 Å². The van der Waals surface area contributed by atoms with Crippen LogP contribution in [-0.2, 0) is 11.3 Å². The van der Waals surface area contributed by atoms with E-state index in [4.69, 9.17) is 4.74 Å². The molecule has 3 aromatic rings. The lowest BCUT2D eigenvalue weighted by Crippen LogP contribution is -2.25. The van der Waals surface area contributed by atoms with E-state index in [1.165, 1.54) is 18.9 Å². The molecule has 1 saturated heterocycles. The van der Waals surface area contributed by atoms with E-state index in [1.54, 1.807) is 36.8 Å². The number of ether oxygens (including phenoxy) is 1. The van der Waals surface area contributed by atoms with E-state index in [-0.39, 0.29) is 11.2 Å². The van der Waals surface area contributed by atoms with Crippen LogP contribution in [0, 0.1) is 0 Å². The summed E-state index contributed by atoms with van der Waals surface area (Å²) in [5.41, 5.74) is 2.85. The molecule has 4 rings (SSSR count). The molecule has 9 heteroatoms. The Morgan fingerprint density at radius 3 is 3.00 bits per heavy atom. The normalized spacial score (nSPS) is 21.8. The SMILES string of the molecule is COC(=O)c1cccc(CNc2nccn3c([C@@H]4SC[C@@H](O)[C@H]4O)cnc23)c1. The van der Waals surface area contributed by atoms with Crippen LogP contribution in [0.15, 0.2) is 42.9 Å². The number of nitrogens with zero attached hydrogens (tertiary/aromatic N) is 3. The van der Waals surface area contributed by atoms with Crippen LogP contribution < -0.4 is 5.32 Å². The molecule has 0 bridgehead atoms. The minimum absolute atomic E-state index is 0.239. The molecule has 1 fully saturated rings. The molecule has 0 saturated carbocycles. The summed E-state index contributed by atoms with van der Waals surface area (Å²) in [5, 5.41) is 23.1. The van der Waals surface area contributed by atoms with Crippen molar-refractivity contribution in [1.82, 2.24) is 14.4 Å². The highest BCUT2D eigenvalue weighted by Gasteiger charge is 2.37. The maximum Gasteiger partial charge on any atom is 0.337 e. The lowest BCUT2D eigenvalue weighted by Gasteiger charge is -2.15. The molecule has 0 amide bonds. The molecule has 1 aliphatic rings. The van der Waals surface area contributed by atoms with Crippen LogP contribution in [0.3, 0.4) is 0 Å². The van der Waals surface area contributed by atoms with Crippen LogP contribution in [0.2, 0.25) is 0 Å². The van der Waals surface area contributed by atoms with Crippen LogP contribution in [0.4, 0.5) is 5.82 Å². The Labute approximate surface area is 165 Å². The van der Waals surface area contributed by atoms with Crippen LogP contribution in [0.25, 0.3) is 5.65 Å². The summed E-state index contributed by atoms with van der Waals surface area (Å²) in [7, 11) is 1.35. The van der Waals surface area contributed by atoms with Gasteiger partial charge in [0.1, 0.15) is 0 Å². The van der Waals surface area contributed by atoms with E-state index < -0.39 is 12.2 Å².